The second kappa shape index (κ2) is 6.88. The quantitative estimate of drug-likeness (QED) is 0.403. The van der Waals surface area contributed by atoms with E-state index < -0.39 is 0 Å². The Balaban J connectivity index is 1.95. The Kier molecular flexibility index (Phi) is 5.29. The average molecular weight is 360 g/mol. The Morgan fingerprint density at radius 3 is 2.20 bits per heavy atom. The molecule has 3 rings (SSSR count). The summed E-state index contributed by atoms with van der Waals surface area (Å²) in [6.07, 6.45) is 13.1. The summed E-state index contributed by atoms with van der Waals surface area (Å²) in [4.78, 5) is 0. The van der Waals surface area contributed by atoms with Gasteiger partial charge < -0.3 is 4.57 Å². The van der Waals surface area contributed by atoms with E-state index >= 15 is 0 Å². The zero-order chi connectivity index (χ0) is 18.4. The van der Waals surface area contributed by atoms with Crippen LogP contribution in [-0.4, -0.2) is 15.4 Å². The summed E-state index contributed by atoms with van der Waals surface area (Å²) >= 11 is 0. The minimum Gasteiger partial charge on any atom is -0.348 e. The molecule has 0 spiro atoms. The van der Waals surface area contributed by atoms with Crippen molar-refractivity contribution in [1.82, 2.24) is 4.57 Å². The van der Waals surface area contributed by atoms with Gasteiger partial charge in [0.15, 0.2) is 0 Å². The minimum absolute atomic E-state index is 0.173. The highest BCUT2D eigenvalue weighted by Crippen LogP contribution is 2.60. The van der Waals surface area contributed by atoms with E-state index in [1.807, 2.05) is 11.1 Å². The number of hydrogen-bond acceptors (Lipinski definition) is 0. The van der Waals surface area contributed by atoms with Crippen LogP contribution < -0.4 is 5.30 Å². The molecule has 0 N–H and O–H groups in total. The molecule has 0 fully saturated rings. The number of aromatic nitrogens is 1. The molecular weight excluding hydrogens is 321 g/mol. The fourth-order valence-electron chi connectivity index (χ4n) is 4.74. The van der Waals surface area contributed by atoms with E-state index in [0.29, 0.717) is 5.16 Å². The van der Waals surface area contributed by atoms with Crippen molar-refractivity contribution in [3.8, 4) is 0 Å². The maximum atomic E-state index is 2.48. The zero-order valence-corrected chi connectivity index (χ0v) is 18.4. The predicted molar refractivity (Wildman–Crippen MR) is 113 cm³/mol. The van der Waals surface area contributed by atoms with E-state index in [1.54, 1.807) is 5.30 Å². The van der Waals surface area contributed by atoms with Crippen LogP contribution in [-0.2, 0) is 5.54 Å². The summed E-state index contributed by atoms with van der Waals surface area (Å²) in [5.74, 6) is 0.911. The van der Waals surface area contributed by atoms with Gasteiger partial charge in [-0.15, -0.1) is 0 Å². The van der Waals surface area contributed by atoms with E-state index in [4.69, 9.17) is 0 Å². The highest BCUT2D eigenvalue weighted by atomic mass is 31.1. The van der Waals surface area contributed by atoms with Crippen molar-refractivity contribution in [2.75, 3.05) is 0 Å². The first-order chi connectivity index (χ1) is 11.6. The summed E-state index contributed by atoms with van der Waals surface area (Å²) in [7, 11) is -0.173. The summed E-state index contributed by atoms with van der Waals surface area (Å²) in [6.45, 7) is 16.8. The Labute approximate surface area is 157 Å². The number of rotatable bonds is 2. The second-order valence-electron chi connectivity index (χ2n) is 10.4. The van der Waals surface area contributed by atoms with Crippen molar-refractivity contribution in [1.29, 1.82) is 0 Å². The van der Waals surface area contributed by atoms with Crippen LogP contribution in [0.3, 0.4) is 0 Å². The summed E-state index contributed by atoms with van der Waals surface area (Å²) < 4.78 is 2.42. The fraction of sp³-hybridized carbons (Fsp3) is 0.739. The summed E-state index contributed by atoms with van der Waals surface area (Å²) in [5.41, 5.74) is 4.73. The normalized spacial score (nSPS) is 26.5. The molecule has 0 radical (unpaired) electrons. The van der Waals surface area contributed by atoms with Gasteiger partial charge >= 0.3 is 0 Å². The molecule has 25 heavy (non-hydrogen) atoms. The molecule has 2 aliphatic carbocycles. The van der Waals surface area contributed by atoms with Gasteiger partial charge in [0.25, 0.3) is 0 Å². The smallest absolute Gasteiger partial charge is 0.0355 e. The molecule has 2 aliphatic rings. The van der Waals surface area contributed by atoms with E-state index in [-0.39, 0.29) is 13.5 Å². The number of allylic oxidation sites excluding steroid dienone is 2. The molecular formula is C23H38NP. The molecule has 1 nitrogen and oxygen atoms in total. The van der Waals surface area contributed by atoms with Gasteiger partial charge in [0, 0.05) is 23.6 Å². The molecule has 1 aromatic heterocycles. The van der Waals surface area contributed by atoms with E-state index in [0.717, 1.165) is 11.6 Å². The van der Waals surface area contributed by atoms with Gasteiger partial charge in [0.2, 0.25) is 0 Å². The lowest BCUT2D eigenvalue weighted by Gasteiger charge is -2.37. The van der Waals surface area contributed by atoms with E-state index in [9.17, 15) is 0 Å². The Morgan fingerprint density at radius 2 is 1.60 bits per heavy atom. The Bertz CT molecular complexity index is 638. The van der Waals surface area contributed by atoms with Gasteiger partial charge in [0.1, 0.15) is 0 Å². The van der Waals surface area contributed by atoms with Crippen LogP contribution in [0.4, 0.5) is 0 Å². The lowest BCUT2D eigenvalue weighted by atomic mass is 10.00. The van der Waals surface area contributed by atoms with Crippen molar-refractivity contribution >= 4 is 13.2 Å². The molecule has 140 valence electrons. The molecule has 1 aromatic rings. The van der Waals surface area contributed by atoms with Crippen LogP contribution in [0.1, 0.15) is 87.0 Å². The molecule has 1 heterocycles. The maximum absolute atomic E-state index is 2.48. The highest BCUT2D eigenvalue weighted by molar-refractivity contribution is 7.68. The van der Waals surface area contributed by atoms with Gasteiger partial charge in [-0.2, -0.15) is 0 Å². The third kappa shape index (κ3) is 4.08. The molecule has 3 unspecified atom stereocenters. The van der Waals surface area contributed by atoms with Gasteiger partial charge in [-0.05, 0) is 81.7 Å². The average Bonchev–Trinajstić information content (AvgIpc) is 3.05. The van der Waals surface area contributed by atoms with Crippen LogP contribution in [0.15, 0.2) is 29.6 Å². The summed E-state index contributed by atoms with van der Waals surface area (Å²) in [6, 6.07) is 2.43. The molecule has 2 heteroatoms. The zero-order valence-electron chi connectivity index (χ0n) is 17.5. The standard InChI is InChI=1S/C23H38NP/c1-17-8-10-18-11-13-21(20(18)12-9-17)25(23(5,6)7)19-14-15-24(16-19)22(2,3)4/h14-17,21H,8-13H2,1-7H3. The van der Waals surface area contributed by atoms with Crippen LogP contribution in [0, 0.1) is 5.92 Å². The lowest BCUT2D eigenvalue weighted by Crippen LogP contribution is -2.27. The molecule has 0 saturated heterocycles. The molecule has 0 amide bonds. The van der Waals surface area contributed by atoms with Gasteiger partial charge in [0.05, 0.1) is 0 Å². The van der Waals surface area contributed by atoms with Crippen LogP contribution in [0.25, 0.3) is 0 Å². The van der Waals surface area contributed by atoms with E-state index in [2.05, 4.69) is 71.5 Å². The maximum Gasteiger partial charge on any atom is 0.0355 e. The third-order valence-electron chi connectivity index (χ3n) is 6.19. The molecule has 0 aliphatic heterocycles. The van der Waals surface area contributed by atoms with Crippen molar-refractivity contribution in [3.63, 3.8) is 0 Å². The predicted octanol–water partition coefficient (Wildman–Crippen LogP) is 6.82. The number of nitrogens with zero attached hydrogens (tertiary/aromatic N) is 1. The van der Waals surface area contributed by atoms with Gasteiger partial charge in [-0.1, -0.05) is 46.8 Å². The molecule has 0 saturated carbocycles. The summed E-state index contributed by atoms with van der Waals surface area (Å²) in [5, 5.41) is 1.98. The van der Waals surface area contributed by atoms with Crippen LogP contribution in [0.5, 0.6) is 0 Å². The first-order valence-electron chi connectivity index (χ1n) is 10.3. The van der Waals surface area contributed by atoms with Crippen LogP contribution >= 0.6 is 7.92 Å². The third-order valence-corrected chi connectivity index (χ3v) is 9.65. The fourth-order valence-corrected chi connectivity index (χ4v) is 8.30. The molecule has 0 bridgehead atoms. The number of hydrogen-bond donors (Lipinski definition) is 0. The second-order valence-corrected chi connectivity index (χ2v) is 13.6. The van der Waals surface area contributed by atoms with Crippen molar-refractivity contribution in [2.45, 2.75) is 103 Å². The monoisotopic (exact) mass is 359 g/mol. The first-order valence-corrected chi connectivity index (χ1v) is 11.7. The topological polar surface area (TPSA) is 4.93 Å². The molecule has 3 atom stereocenters. The van der Waals surface area contributed by atoms with Crippen LogP contribution in [0.2, 0.25) is 0 Å². The Morgan fingerprint density at radius 1 is 0.960 bits per heavy atom. The van der Waals surface area contributed by atoms with Crippen molar-refractivity contribution < 1.29 is 0 Å². The lowest BCUT2D eigenvalue weighted by molar-refractivity contribution is 0.399. The highest BCUT2D eigenvalue weighted by Gasteiger charge is 2.39. The van der Waals surface area contributed by atoms with Crippen molar-refractivity contribution in [2.24, 2.45) is 5.92 Å². The van der Waals surface area contributed by atoms with Gasteiger partial charge in [-0.3, -0.25) is 0 Å². The van der Waals surface area contributed by atoms with E-state index in [1.165, 1.54) is 38.5 Å². The van der Waals surface area contributed by atoms with Crippen molar-refractivity contribution in [3.05, 3.63) is 29.6 Å². The van der Waals surface area contributed by atoms with Gasteiger partial charge in [-0.25, -0.2) is 0 Å². The first kappa shape index (κ1) is 19.2. The Hall–Kier alpha value is -0.550. The largest absolute Gasteiger partial charge is 0.348 e. The SMILES string of the molecule is CC1CCC2=C(CC1)C(P(c1ccn(C(C)(C)C)c1)C(C)(C)C)CC2. The minimum atomic E-state index is -0.173. The molecule has 0 aromatic carbocycles.